The molecule has 116 valence electrons. The highest BCUT2D eigenvalue weighted by molar-refractivity contribution is 5.84. The molecule has 0 spiro atoms. The monoisotopic (exact) mass is 303 g/mol. The second-order valence-electron chi connectivity index (χ2n) is 7.04. The smallest absolute Gasteiger partial charge is 0.0860 e. The molecule has 2 aromatic carbocycles. The van der Waals surface area contributed by atoms with Gasteiger partial charge in [-0.3, -0.25) is 0 Å². The Morgan fingerprint density at radius 2 is 1.61 bits per heavy atom. The Hall–Kier alpha value is -2.32. The van der Waals surface area contributed by atoms with Crippen LogP contribution >= 0.6 is 0 Å². The molecular formula is C21H21NO. The number of fused-ring (bicyclic) bond motifs is 3. The van der Waals surface area contributed by atoms with Crippen molar-refractivity contribution in [3.63, 3.8) is 0 Å². The summed E-state index contributed by atoms with van der Waals surface area (Å²) in [7, 11) is 0. The first-order valence-corrected chi connectivity index (χ1v) is 8.04. The van der Waals surface area contributed by atoms with Crippen molar-refractivity contribution in [3.05, 3.63) is 83.6 Å². The van der Waals surface area contributed by atoms with Crippen LogP contribution in [0.4, 0.5) is 11.4 Å². The number of allylic oxidation sites excluding steroid dienone is 3. The van der Waals surface area contributed by atoms with Crippen molar-refractivity contribution >= 4 is 11.4 Å². The van der Waals surface area contributed by atoms with E-state index in [1.54, 1.807) is 0 Å². The van der Waals surface area contributed by atoms with Gasteiger partial charge >= 0.3 is 0 Å². The molecule has 0 fully saturated rings. The van der Waals surface area contributed by atoms with Crippen LogP contribution in [0.15, 0.2) is 72.5 Å². The molecule has 2 aromatic rings. The van der Waals surface area contributed by atoms with Crippen molar-refractivity contribution in [3.8, 4) is 0 Å². The van der Waals surface area contributed by atoms with Crippen molar-refractivity contribution in [1.29, 1.82) is 0 Å². The van der Waals surface area contributed by atoms with Crippen LogP contribution in [0.5, 0.6) is 0 Å². The third-order valence-corrected chi connectivity index (χ3v) is 4.97. The normalized spacial score (nSPS) is 22.1. The van der Waals surface area contributed by atoms with Crippen LogP contribution < -0.4 is 4.90 Å². The third-order valence-electron chi connectivity index (χ3n) is 4.97. The number of hydrogen-bond acceptors (Lipinski definition) is 2. The molecule has 4 rings (SSSR count). The van der Waals surface area contributed by atoms with Gasteiger partial charge in [0.1, 0.15) is 0 Å². The zero-order valence-corrected chi connectivity index (χ0v) is 13.7. The lowest BCUT2D eigenvalue weighted by atomic mass is 9.84. The molecule has 1 atom stereocenters. The van der Waals surface area contributed by atoms with E-state index in [0.717, 1.165) is 11.3 Å². The van der Waals surface area contributed by atoms with Gasteiger partial charge in [0.2, 0.25) is 0 Å². The van der Waals surface area contributed by atoms with Crippen molar-refractivity contribution in [2.24, 2.45) is 0 Å². The minimum Gasteiger partial charge on any atom is -0.386 e. The number of hydrogen-bond donors (Lipinski definition) is 1. The first-order chi connectivity index (χ1) is 10.9. The Kier molecular flexibility index (Phi) is 2.85. The van der Waals surface area contributed by atoms with Crippen molar-refractivity contribution in [2.45, 2.75) is 31.8 Å². The Labute approximate surface area is 137 Å². The Balaban J connectivity index is 1.99. The number of benzene rings is 2. The lowest BCUT2D eigenvalue weighted by molar-refractivity contribution is 0.0792. The number of nitrogens with zero attached hydrogens (tertiary/aromatic N) is 1. The molecule has 1 aliphatic carbocycles. The van der Waals surface area contributed by atoms with Gasteiger partial charge in [-0.15, -0.1) is 0 Å². The van der Waals surface area contributed by atoms with Crippen LogP contribution in [-0.2, 0) is 11.0 Å². The predicted octanol–water partition coefficient (Wildman–Crippen LogP) is 4.78. The highest BCUT2D eigenvalue weighted by Gasteiger charge is 2.44. The number of anilines is 2. The maximum atomic E-state index is 10.6. The molecule has 1 heterocycles. The highest BCUT2D eigenvalue weighted by atomic mass is 16.3. The van der Waals surface area contributed by atoms with Gasteiger partial charge in [-0.2, -0.15) is 0 Å². The SMILES string of the molecule is CC(C)(O)c1ccccc1N1C2=CC=CC2(C)c2ccccc21. The van der Waals surface area contributed by atoms with E-state index < -0.39 is 5.60 Å². The lowest BCUT2D eigenvalue weighted by Crippen LogP contribution is -2.25. The molecule has 0 bridgehead atoms. The molecule has 1 aliphatic heterocycles. The summed E-state index contributed by atoms with van der Waals surface area (Å²) in [5.41, 5.74) is 4.75. The highest BCUT2D eigenvalue weighted by Crippen LogP contribution is 2.54. The van der Waals surface area contributed by atoms with Gasteiger partial charge in [-0.25, -0.2) is 0 Å². The fraction of sp³-hybridized carbons (Fsp3) is 0.238. The zero-order chi connectivity index (χ0) is 16.2. The largest absolute Gasteiger partial charge is 0.386 e. The molecule has 2 nitrogen and oxygen atoms in total. The average Bonchev–Trinajstić information content (AvgIpc) is 3.00. The molecule has 0 amide bonds. The second kappa shape index (κ2) is 4.59. The van der Waals surface area contributed by atoms with Gasteiger partial charge in [-0.05, 0) is 44.5 Å². The van der Waals surface area contributed by atoms with Crippen LogP contribution in [0.1, 0.15) is 31.9 Å². The standard InChI is InChI=1S/C21H21NO/c1-20(2,23)15-9-4-6-11-17(15)22-18-12-7-5-10-16(18)21(3)14-8-13-19(21)22/h4-14,23H,1-3H3. The van der Waals surface area contributed by atoms with Crippen LogP contribution in [0.25, 0.3) is 0 Å². The molecule has 0 saturated carbocycles. The van der Waals surface area contributed by atoms with E-state index in [1.807, 2.05) is 32.0 Å². The zero-order valence-electron chi connectivity index (χ0n) is 13.7. The maximum absolute atomic E-state index is 10.6. The summed E-state index contributed by atoms with van der Waals surface area (Å²) < 4.78 is 0. The van der Waals surface area contributed by atoms with Crippen molar-refractivity contribution in [1.82, 2.24) is 0 Å². The van der Waals surface area contributed by atoms with E-state index in [4.69, 9.17) is 0 Å². The van der Waals surface area contributed by atoms with E-state index in [-0.39, 0.29) is 5.41 Å². The van der Waals surface area contributed by atoms with E-state index >= 15 is 0 Å². The van der Waals surface area contributed by atoms with Crippen molar-refractivity contribution in [2.75, 3.05) is 4.90 Å². The van der Waals surface area contributed by atoms with Gasteiger partial charge in [0.15, 0.2) is 0 Å². The summed E-state index contributed by atoms with van der Waals surface area (Å²) in [4.78, 5) is 2.29. The molecular weight excluding hydrogens is 282 g/mol. The summed E-state index contributed by atoms with van der Waals surface area (Å²) in [6, 6.07) is 16.7. The Bertz CT molecular complexity index is 841. The van der Waals surface area contributed by atoms with E-state index in [1.165, 1.54) is 16.9 Å². The number of rotatable bonds is 2. The van der Waals surface area contributed by atoms with Gasteiger partial charge in [0, 0.05) is 11.3 Å². The van der Waals surface area contributed by atoms with Crippen LogP contribution in [0.3, 0.4) is 0 Å². The minimum atomic E-state index is -0.892. The number of aliphatic hydroxyl groups is 1. The molecule has 0 radical (unpaired) electrons. The Morgan fingerprint density at radius 1 is 0.957 bits per heavy atom. The van der Waals surface area contributed by atoms with Gasteiger partial charge < -0.3 is 10.0 Å². The maximum Gasteiger partial charge on any atom is 0.0860 e. The molecule has 1 unspecified atom stereocenters. The van der Waals surface area contributed by atoms with Crippen LogP contribution in [-0.4, -0.2) is 5.11 Å². The third kappa shape index (κ3) is 1.91. The van der Waals surface area contributed by atoms with E-state index in [2.05, 4.69) is 60.4 Å². The summed E-state index contributed by atoms with van der Waals surface area (Å²) in [5, 5.41) is 10.6. The molecule has 1 N–H and O–H groups in total. The van der Waals surface area contributed by atoms with E-state index in [0.29, 0.717) is 0 Å². The second-order valence-corrected chi connectivity index (χ2v) is 7.04. The molecule has 2 heteroatoms. The van der Waals surface area contributed by atoms with Gasteiger partial charge in [-0.1, -0.05) is 48.6 Å². The summed E-state index contributed by atoms with van der Waals surface area (Å²) >= 11 is 0. The topological polar surface area (TPSA) is 23.5 Å². The summed E-state index contributed by atoms with van der Waals surface area (Å²) in [6.07, 6.45) is 6.57. The molecule has 23 heavy (non-hydrogen) atoms. The predicted molar refractivity (Wildman–Crippen MR) is 94.8 cm³/mol. The fourth-order valence-corrected chi connectivity index (χ4v) is 3.81. The average molecular weight is 303 g/mol. The lowest BCUT2D eigenvalue weighted by Gasteiger charge is -2.30. The van der Waals surface area contributed by atoms with Crippen molar-refractivity contribution < 1.29 is 5.11 Å². The first kappa shape index (κ1) is 14.3. The summed E-state index contributed by atoms with van der Waals surface area (Å²) in [5.74, 6) is 0. The summed E-state index contributed by atoms with van der Waals surface area (Å²) in [6.45, 7) is 5.94. The Morgan fingerprint density at radius 3 is 2.35 bits per heavy atom. The fourth-order valence-electron chi connectivity index (χ4n) is 3.81. The van der Waals surface area contributed by atoms with Gasteiger partial charge in [0.05, 0.1) is 22.4 Å². The quantitative estimate of drug-likeness (QED) is 0.863. The van der Waals surface area contributed by atoms with Crippen LogP contribution in [0, 0.1) is 0 Å². The van der Waals surface area contributed by atoms with E-state index in [9.17, 15) is 5.11 Å². The molecule has 0 saturated heterocycles. The first-order valence-electron chi connectivity index (χ1n) is 8.04. The van der Waals surface area contributed by atoms with Gasteiger partial charge in [0.25, 0.3) is 0 Å². The molecule has 0 aromatic heterocycles. The molecule has 2 aliphatic rings. The number of para-hydroxylation sites is 2. The minimum absolute atomic E-state index is 0.0939. The van der Waals surface area contributed by atoms with Crippen LogP contribution in [0.2, 0.25) is 0 Å².